The van der Waals surface area contributed by atoms with Crippen LogP contribution in [0.15, 0.2) is 11.6 Å². The lowest BCUT2D eigenvalue weighted by atomic mass is 10.0. The second-order valence-corrected chi connectivity index (χ2v) is 3.24. The van der Waals surface area contributed by atoms with Gasteiger partial charge in [0.1, 0.15) is 0 Å². The lowest BCUT2D eigenvalue weighted by molar-refractivity contribution is 0.136. The summed E-state index contributed by atoms with van der Waals surface area (Å²) in [6, 6.07) is 0. The Balaban J connectivity index is 3.59. The van der Waals surface area contributed by atoms with Gasteiger partial charge in [-0.15, -0.1) is 0 Å². The van der Waals surface area contributed by atoms with Crippen LogP contribution in [0.4, 0.5) is 0 Å². The van der Waals surface area contributed by atoms with E-state index >= 15 is 0 Å². The average Bonchev–Trinajstić information content (AvgIpc) is 1.82. The van der Waals surface area contributed by atoms with Crippen LogP contribution in [0.5, 0.6) is 0 Å². The Morgan fingerprint density at radius 2 is 1.90 bits per heavy atom. The highest BCUT2D eigenvalue weighted by atomic mass is 16.3. The lowest BCUT2D eigenvalue weighted by Gasteiger charge is -2.11. The molecule has 0 radical (unpaired) electrons. The van der Waals surface area contributed by atoms with Gasteiger partial charge < -0.3 is 5.11 Å². The molecule has 2 atom stereocenters. The van der Waals surface area contributed by atoms with Gasteiger partial charge in [-0.2, -0.15) is 0 Å². The number of rotatable bonds is 3. The molecule has 0 bridgehead atoms. The van der Waals surface area contributed by atoms with Gasteiger partial charge >= 0.3 is 0 Å². The summed E-state index contributed by atoms with van der Waals surface area (Å²) >= 11 is 0. The Hall–Kier alpha value is -0.300. The van der Waals surface area contributed by atoms with Crippen molar-refractivity contribution in [1.82, 2.24) is 0 Å². The Morgan fingerprint density at radius 1 is 1.40 bits per heavy atom. The molecule has 0 spiro atoms. The van der Waals surface area contributed by atoms with Crippen molar-refractivity contribution >= 4 is 0 Å². The van der Waals surface area contributed by atoms with Gasteiger partial charge in [0.05, 0.1) is 6.10 Å². The van der Waals surface area contributed by atoms with E-state index in [4.69, 9.17) is 5.11 Å². The van der Waals surface area contributed by atoms with Gasteiger partial charge in [-0.05, 0) is 33.1 Å². The fraction of sp³-hybridized carbons (Fsp3) is 0.778. The van der Waals surface area contributed by atoms with E-state index in [2.05, 4.69) is 26.8 Å². The maximum atomic E-state index is 9.10. The molecule has 1 heteroatoms. The molecule has 0 saturated carbocycles. The summed E-state index contributed by atoms with van der Waals surface area (Å²) in [6.45, 7) is 8.05. The second-order valence-electron chi connectivity index (χ2n) is 3.24. The molecular weight excluding hydrogens is 124 g/mol. The molecule has 60 valence electrons. The Bertz CT molecular complexity index is 110. The minimum absolute atomic E-state index is 0.185. The van der Waals surface area contributed by atoms with Crippen LogP contribution in [0.3, 0.4) is 0 Å². The van der Waals surface area contributed by atoms with Crippen molar-refractivity contribution < 1.29 is 5.11 Å². The second kappa shape index (κ2) is 4.51. The highest BCUT2D eigenvalue weighted by Gasteiger charge is 2.05. The Kier molecular flexibility index (Phi) is 4.37. The first-order valence-electron chi connectivity index (χ1n) is 3.85. The summed E-state index contributed by atoms with van der Waals surface area (Å²) in [6.07, 6.45) is 2.97. The molecule has 0 aromatic carbocycles. The first-order valence-corrected chi connectivity index (χ1v) is 3.85. The maximum absolute atomic E-state index is 9.10. The van der Waals surface area contributed by atoms with Gasteiger partial charge in [-0.1, -0.05) is 18.6 Å². The Labute approximate surface area is 63.8 Å². The fourth-order valence-corrected chi connectivity index (χ4v) is 0.619. The highest BCUT2D eigenvalue weighted by Crippen LogP contribution is 2.09. The summed E-state index contributed by atoms with van der Waals surface area (Å²) in [4.78, 5) is 0. The summed E-state index contributed by atoms with van der Waals surface area (Å²) in [5, 5.41) is 9.10. The molecule has 0 heterocycles. The molecule has 0 aliphatic carbocycles. The minimum atomic E-state index is -0.185. The molecule has 10 heavy (non-hydrogen) atoms. The largest absolute Gasteiger partial charge is 0.393 e. The molecule has 1 nitrogen and oxygen atoms in total. The van der Waals surface area contributed by atoms with Crippen LogP contribution in [-0.2, 0) is 0 Å². The molecule has 0 fully saturated rings. The monoisotopic (exact) mass is 142 g/mol. The van der Waals surface area contributed by atoms with Crippen molar-refractivity contribution in [2.45, 2.75) is 40.2 Å². The number of aliphatic hydroxyl groups excluding tert-OH is 1. The van der Waals surface area contributed by atoms with Crippen LogP contribution in [0, 0.1) is 5.92 Å². The predicted octanol–water partition coefficient (Wildman–Crippen LogP) is 2.36. The van der Waals surface area contributed by atoms with Crippen molar-refractivity contribution in [3.05, 3.63) is 11.6 Å². The zero-order valence-electron chi connectivity index (χ0n) is 7.39. The molecule has 0 unspecified atom stereocenters. The maximum Gasteiger partial charge on any atom is 0.0540 e. The van der Waals surface area contributed by atoms with Crippen LogP contribution in [0.1, 0.15) is 34.1 Å². The fourth-order valence-electron chi connectivity index (χ4n) is 0.619. The smallest absolute Gasteiger partial charge is 0.0540 e. The first kappa shape index (κ1) is 9.70. The topological polar surface area (TPSA) is 20.2 Å². The SMILES string of the molecule is CC(C)=CC[C@@H](C)[C@@H](C)O. The molecular formula is C9H18O. The van der Waals surface area contributed by atoms with Crippen molar-refractivity contribution in [2.24, 2.45) is 5.92 Å². The van der Waals surface area contributed by atoms with Gasteiger partial charge in [0, 0.05) is 0 Å². The summed E-state index contributed by atoms with van der Waals surface area (Å²) in [7, 11) is 0. The van der Waals surface area contributed by atoms with E-state index in [9.17, 15) is 0 Å². The number of hydrogen-bond donors (Lipinski definition) is 1. The lowest BCUT2D eigenvalue weighted by Crippen LogP contribution is -2.11. The van der Waals surface area contributed by atoms with Crippen LogP contribution in [0.25, 0.3) is 0 Å². The molecule has 0 amide bonds. The zero-order valence-corrected chi connectivity index (χ0v) is 7.39. The Morgan fingerprint density at radius 3 is 2.20 bits per heavy atom. The summed E-state index contributed by atoms with van der Waals surface area (Å²) in [5.41, 5.74) is 1.33. The van der Waals surface area contributed by atoms with E-state index in [-0.39, 0.29) is 6.10 Å². The molecule has 0 aliphatic rings. The molecule has 0 saturated heterocycles. The summed E-state index contributed by atoms with van der Waals surface area (Å²) in [5.74, 6) is 0.384. The van der Waals surface area contributed by atoms with E-state index in [1.807, 2.05) is 6.92 Å². The van der Waals surface area contributed by atoms with Gasteiger partial charge in [0.25, 0.3) is 0 Å². The van der Waals surface area contributed by atoms with E-state index in [1.54, 1.807) is 0 Å². The van der Waals surface area contributed by atoms with Gasteiger partial charge in [-0.25, -0.2) is 0 Å². The van der Waals surface area contributed by atoms with Crippen molar-refractivity contribution in [3.8, 4) is 0 Å². The third-order valence-electron chi connectivity index (χ3n) is 1.72. The zero-order chi connectivity index (χ0) is 8.15. The molecule has 0 rings (SSSR count). The van der Waals surface area contributed by atoms with E-state index in [1.165, 1.54) is 5.57 Å². The summed E-state index contributed by atoms with van der Waals surface area (Å²) < 4.78 is 0. The van der Waals surface area contributed by atoms with E-state index < -0.39 is 0 Å². The number of hydrogen-bond acceptors (Lipinski definition) is 1. The number of aliphatic hydroxyl groups is 1. The van der Waals surface area contributed by atoms with Crippen molar-refractivity contribution in [3.63, 3.8) is 0 Å². The normalized spacial score (nSPS) is 16.1. The quantitative estimate of drug-likeness (QED) is 0.600. The van der Waals surface area contributed by atoms with Crippen molar-refractivity contribution in [2.75, 3.05) is 0 Å². The third-order valence-corrected chi connectivity index (χ3v) is 1.72. The minimum Gasteiger partial charge on any atom is -0.393 e. The van der Waals surface area contributed by atoms with Gasteiger partial charge in [0.2, 0.25) is 0 Å². The standard InChI is InChI=1S/C9H18O/c1-7(2)5-6-8(3)9(4)10/h5,8-10H,6H2,1-4H3/t8-,9-/m1/s1. The van der Waals surface area contributed by atoms with Crippen LogP contribution in [0.2, 0.25) is 0 Å². The third kappa shape index (κ3) is 4.57. The highest BCUT2D eigenvalue weighted by molar-refractivity contribution is 4.93. The van der Waals surface area contributed by atoms with Gasteiger partial charge in [-0.3, -0.25) is 0 Å². The predicted molar refractivity (Wildman–Crippen MR) is 44.9 cm³/mol. The molecule has 0 aromatic heterocycles. The molecule has 0 aromatic rings. The molecule has 1 N–H and O–H groups in total. The number of allylic oxidation sites excluding steroid dienone is 2. The molecule has 0 aliphatic heterocycles. The van der Waals surface area contributed by atoms with Crippen molar-refractivity contribution in [1.29, 1.82) is 0 Å². The first-order chi connectivity index (χ1) is 4.54. The van der Waals surface area contributed by atoms with Gasteiger partial charge in [0.15, 0.2) is 0 Å². The van der Waals surface area contributed by atoms with E-state index in [0.29, 0.717) is 5.92 Å². The van der Waals surface area contributed by atoms with Crippen LogP contribution in [-0.4, -0.2) is 11.2 Å². The average molecular weight is 142 g/mol. The van der Waals surface area contributed by atoms with E-state index in [0.717, 1.165) is 6.42 Å². The van der Waals surface area contributed by atoms with Crippen LogP contribution >= 0.6 is 0 Å². The van der Waals surface area contributed by atoms with Crippen LogP contribution < -0.4 is 0 Å².